The minimum atomic E-state index is -0.437. The van der Waals surface area contributed by atoms with Gasteiger partial charge in [0.25, 0.3) is 0 Å². The summed E-state index contributed by atoms with van der Waals surface area (Å²) in [5.41, 5.74) is 4.98. The first kappa shape index (κ1) is 18.5. The first-order valence-corrected chi connectivity index (χ1v) is 10.3. The van der Waals surface area contributed by atoms with Gasteiger partial charge in [-0.1, -0.05) is 37.3 Å². The smallest absolute Gasteiger partial charge is 0.109 e. The largest absolute Gasteiger partial charge is 0.390 e. The fourth-order valence-electron chi connectivity index (χ4n) is 3.65. The van der Waals surface area contributed by atoms with Gasteiger partial charge in [-0.15, -0.1) is 11.8 Å². The van der Waals surface area contributed by atoms with Gasteiger partial charge in [0.2, 0.25) is 0 Å². The van der Waals surface area contributed by atoms with E-state index in [-0.39, 0.29) is 18.1 Å². The summed E-state index contributed by atoms with van der Waals surface area (Å²) in [5, 5.41) is 10.6. The Morgan fingerprint density at radius 1 is 1.12 bits per heavy atom. The number of aryl methyl sites for hydroxylation is 1. The van der Waals surface area contributed by atoms with Crippen LogP contribution >= 0.6 is 11.8 Å². The second-order valence-corrected chi connectivity index (χ2v) is 8.16. The standard InChI is InChI=1S/C22H28O2S/c1-14-5-8-18(22-21(23)15(2)11-16(3)24-22)13-19(14)12-17-6-9-20(25-4)10-7-17/h5-10,13,15-16,21-23H,11-12H2,1-4H3/t15?,16?,21-,22?/m1/s1. The van der Waals surface area contributed by atoms with Crippen LogP contribution in [-0.4, -0.2) is 23.6 Å². The van der Waals surface area contributed by atoms with E-state index in [1.165, 1.54) is 21.6 Å². The molecule has 25 heavy (non-hydrogen) atoms. The van der Waals surface area contributed by atoms with Gasteiger partial charge in [-0.2, -0.15) is 0 Å². The summed E-state index contributed by atoms with van der Waals surface area (Å²) < 4.78 is 6.08. The molecule has 3 rings (SSSR count). The van der Waals surface area contributed by atoms with Gasteiger partial charge in [0.05, 0.1) is 12.2 Å². The summed E-state index contributed by atoms with van der Waals surface area (Å²) in [4.78, 5) is 1.29. The highest BCUT2D eigenvalue weighted by molar-refractivity contribution is 7.98. The zero-order valence-electron chi connectivity index (χ0n) is 15.5. The molecule has 0 radical (unpaired) electrons. The maximum absolute atomic E-state index is 10.6. The minimum absolute atomic E-state index is 0.187. The molecule has 0 aromatic heterocycles. The topological polar surface area (TPSA) is 29.5 Å². The summed E-state index contributed by atoms with van der Waals surface area (Å²) in [6.45, 7) is 6.36. The van der Waals surface area contributed by atoms with Crippen molar-refractivity contribution in [2.75, 3.05) is 6.26 Å². The molecule has 0 bridgehead atoms. The third-order valence-corrected chi connectivity index (χ3v) is 5.97. The summed E-state index contributed by atoms with van der Waals surface area (Å²) in [6.07, 6.45) is 3.44. The van der Waals surface area contributed by atoms with Gasteiger partial charge in [0.15, 0.2) is 0 Å². The van der Waals surface area contributed by atoms with Gasteiger partial charge in [-0.05, 0) is 73.2 Å². The number of rotatable bonds is 4. The van der Waals surface area contributed by atoms with Crippen molar-refractivity contribution in [1.29, 1.82) is 0 Å². The zero-order chi connectivity index (χ0) is 18.0. The maximum atomic E-state index is 10.6. The molecule has 1 aliphatic rings. The molecule has 1 fully saturated rings. The van der Waals surface area contributed by atoms with Crippen LogP contribution in [0, 0.1) is 12.8 Å². The Kier molecular flexibility index (Phi) is 5.88. The molecule has 2 nitrogen and oxygen atoms in total. The molecule has 0 spiro atoms. The number of aliphatic hydroxyl groups is 1. The SMILES string of the molecule is CSc1ccc(Cc2cc(C3OC(C)CC(C)[C@H]3O)ccc2C)cc1. The van der Waals surface area contributed by atoms with E-state index >= 15 is 0 Å². The molecule has 0 aliphatic carbocycles. The average Bonchev–Trinajstić information content (AvgIpc) is 2.61. The number of ether oxygens (including phenoxy) is 1. The van der Waals surface area contributed by atoms with Crippen molar-refractivity contribution in [2.24, 2.45) is 5.92 Å². The van der Waals surface area contributed by atoms with Gasteiger partial charge in [-0.25, -0.2) is 0 Å². The molecule has 1 heterocycles. The summed E-state index contributed by atoms with van der Waals surface area (Å²) in [5.74, 6) is 0.262. The van der Waals surface area contributed by atoms with Crippen LogP contribution in [0.2, 0.25) is 0 Å². The highest BCUT2D eigenvalue weighted by atomic mass is 32.2. The fraction of sp³-hybridized carbons (Fsp3) is 0.455. The Balaban J connectivity index is 1.84. The predicted molar refractivity (Wildman–Crippen MR) is 105 cm³/mol. The summed E-state index contributed by atoms with van der Waals surface area (Å²) in [6, 6.07) is 15.2. The molecule has 2 aromatic carbocycles. The molecule has 1 N–H and O–H groups in total. The molecule has 134 valence electrons. The quantitative estimate of drug-likeness (QED) is 0.768. The number of aliphatic hydroxyl groups excluding tert-OH is 1. The average molecular weight is 357 g/mol. The lowest BCUT2D eigenvalue weighted by Gasteiger charge is -2.37. The van der Waals surface area contributed by atoms with Gasteiger partial charge in [-0.3, -0.25) is 0 Å². The Bertz CT molecular complexity index is 710. The molecule has 1 aliphatic heterocycles. The van der Waals surface area contributed by atoms with Crippen LogP contribution in [-0.2, 0) is 11.2 Å². The van der Waals surface area contributed by atoms with Crippen molar-refractivity contribution >= 4 is 11.8 Å². The van der Waals surface area contributed by atoms with Crippen molar-refractivity contribution in [3.63, 3.8) is 0 Å². The van der Waals surface area contributed by atoms with Crippen LogP contribution in [0.4, 0.5) is 0 Å². The highest BCUT2D eigenvalue weighted by Crippen LogP contribution is 2.36. The van der Waals surface area contributed by atoms with Gasteiger partial charge in [0.1, 0.15) is 6.10 Å². The monoisotopic (exact) mass is 356 g/mol. The van der Waals surface area contributed by atoms with Crippen molar-refractivity contribution in [3.8, 4) is 0 Å². The van der Waals surface area contributed by atoms with Crippen molar-refractivity contribution in [1.82, 2.24) is 0 Å². The normalized spacial score (nSPS) is 26.6. The van der Waals surface area contributed by atoms with E-state index < -0.39 is 6.10 Å². The van der Waals surface area contributed by atoms with Gasteiger partial charge < -0.3 is 9.84 Å². The number of hydrogen-bond acceptors (Lipinski definition) is 3. The first-order chi connectivity index (χ1) is 12.0. The van der Waals surface area contributed by atoms with Crippen molar-refractivity contribution in [3.05, 3.63) is 64.7 Å². The van der Waals surface area contributed by atoms with Crippen LogP contribution in [0.15, 0.2) is 47.4 Å². The second-order valence-electron chi connectivity index (χ2n) is 7.28. The van der Waals surface area contributed by atoms with Crippen LogP contribution in [0.1, 0.15) is 48.6 Å². The van der Waals surface area contributed by atoms with Crippen LogP contribution in [0.3, 0.4) is 0 Å². The molecule has 0 saturated carbocycles. The summed E-state index contributed by atoms with van der Waals surface area (Å²) in [7, 11) is 0. The van der Waals surface area contributed by atoms with Gasteiger partial charge in [0, 0.05) is 4.90 Å². The molecule has 1 saturated heterocycles. The molecular formula is C22H28O2S. The van der Waals surface area contributed by atoms with E-state index in [0.717, 1.165) is 18.4 Å². The third-order valence-electron chi connectivity index (χ3n) is 5.23. The lowest BCUT2D eigenvalue weighted by molar-refractivity contribution is -0.138. The Morgan fingerprint density at radius 3 is 2.52 bits per heavy atom. The number of benzene rings is 2. The number of thioether (sulfide) groups is 1. The fourth-order valence-corrected chi connectivity index (χ4v) is 4.05. The van der Waals surface area contributed by atoms with E-state index in [4.69, 9.17) is 4.74 Å². The molecular weight excluding hydrogens is 328 g/mol. The Labute approximate surface area is 155 Å². The number of hydrogen-bond donors (Lipinski definition) is 1. The zero-order valence-corrected chi connectivity index (χ0v) is 16.3. The van der Waals surface area contributed by atoms with Gasteiger partial charge >= 0.3 is 0 Å². The Morgan fingerprint density at radius 2 is 1.84 bits per heavy atom. The molecule has 2 aromatic rings. The van der Waals surface area contributed by atoms with Crippen LogP contribution in [0.5, 0.6) is 0 Å². The molecule has 4 atom stereocenters. The van der Waals surface area contributed by atoms with Crippen LogP contribution in [0.25, 0.3) is 0 Å². The summed E-state index contributed by atoms with van der Waals surface area (Å²) >= 11 is 1.76. The molecule has 3 unspecified atom stereocenters. The van der Waals surface area contributed by atoms with E-state index in [1.807, 2.05) is 0 Å². The van der Waals surface area contributed by atoms with Crippen molar-refractivity contribution in [2.45, 2.75) is 56.8 Å². The van der Waals surface area contributed by atoms with E-state index in [2.05, 4.69) is 69.5 Å². The lowest BCUT2D eigenvalue weighted by Crippen LogP contribution is -2.37. The first-order valence-electron chi connectivity index (χ1n) is 9.04. The third kappa shape index (κ3) is 4.28. The maximum Gasteiger partial charge on any atom is 0.109 e. The molecule has 0 amide bonds. The predicted octanol–water partition coefficient (Wildman–Crippen LogP) is 5.15. The van der Waals surface area contributed by atoms with E-state index in [0.29, 0.717) is 0 Å². The van der Waals surface area contributed by atoms with E-state index in [1.54, 1.807) is 11.8 Å². The van der Waals surface area contributed by atoms with Crippen LogP contribution < -0.4 is 0 Å². The lowest BCUT2D eigenvalue weighted by atomic mass is 9.86. The molecule has 3 heteroatoms. The minimum Gasteiger partial charge on any atom is -0.390 e. The van der Waals surface area contributed by atoms with Crippen molar-refractivity contribution < 1.29 is 9.84 Å². The van der Waals surface area contributed by atoms with E-state index in [9.17, 15) is 5.11 Å². The highest BCUT2D eigenvalue weighted by Gasteiger charge is 2.34. The Hall–Kier alpha value is -1.29. The second kappa shape index (κ2) is 7.94.